The van der Waals surface area contributed by atoms with Gasteiger partial charge >= 0.3 is 11.9 Å². The summed E-state index contributed by atoms with van der Waals surface area (Å²) < 4.78 is 0. The van der Waals surface area contributed by atoms with Crippen molar-refractivity contribution in [2.45, 2.75) is 25.7 Å². The van der Waals surface area contributed by atoms with E-state index in [1.54, 1.807) is 0 Å². The quantitative estimate of drug-likeness (QED) is 0.272. The zero-order valence-electron chi connectivity index (χ0n) is 13.8. The number of aromatic nitrogens is 2. The first kappa shape index (κ1) is 20.6. The van der Waals surface area contributed by atoms with Crippen LogP contribution in [0.4, 0.5) is 11.6 Å². The molecule has 26 heavy (non-hydrogen) atoms. The van der Waals surface area contributed by atoms with Crippen LogP contribution in [0, 0.1) is 0 Å². The molecule has 0 aliphatic carbocycles. The Balaban J connectivity index is 2.68. The molecular formula is C14H20N6O6. The minimum atomic E-state index is -0.985. The van der Waals surface area contributed by atoms with Gasteiger partial charge in [0.2, 0.25) is 0 Å². The normalized spacial score (nSPS) is 10.2. The van der Waals surface area contributed by atoms with Gasteiger partial charge in [-0.25, -0.2) is 9.97 Å². The standard InChI is InChI=1S/C14H20N6O6/c15-11-9(13(25)17-5-1-3-7(21)22)19-12(16)10(20-11)14(26)18-6-2-4-8(23)24/h1-6H2,(H2,16,19)(H2,15,20)(H,17,25)(H,18,26)(H,21,22)(H,23,24). The fraction of sp³-hybridized carbons (Fsp3) is 0.429. The summed E-state index contributed by atoms with van der Waals surface area (Å²) >= 11 is 0. The second-order valence-electron chi connectivity index (χ2n) is 5.20. The van der Waals surface area contributed by atoms with Gasteiger partial charge in [-0.15, -0.1) is 0 Å². The van der Waals surface area contributed by atoms with Crippen molar-refractivity contribution in [2.24, 2.45) is 0 Å². The molecule has 0 radical (unpaired) electrons. The predicted molar refractivity (Wildman–Crippen MR) is 89.3 cm³/mol. The number of carboxylic acids is 2. The molecule has 1 aromatic rings. The summed E-state index contributed by atoms with van der Waals surface area (Å²) in [7, 11) is 0. The molecular weight excluding hydrogens is 348 g/mol. The predicted octanol–water partition coefficient (Wildman–Crippen LogP) is -1.17. The van der Waals surface area contributed by atoms with Crippen molar-refractivity contribution in [3.63, 3.8) is 0 Å². The molecule has 0 spiro atoms. The molecule has 0 bridgehead atoms. The molecule has 0 fully saturated rings. The number of nitrogen functional groups attached to an aromatic ring is 2. The third-order valence-electron chi connectivity index (χ3n) is 3.09. The monoisotopic (exact) mass is 368 g/mol. The van der Waals surface area contributed by atoms with Gasteiger partial charge in [0, 0.05) is 25.9 Å². The molecule has 0 unspecified atom stereocenters. The van der Waals surface area contributed by atoms with Crippen molar-refractivity contribution in [1.82, 2.24) is 20.6 Å². The number of rotatable bonds is 10. The van der Waals surface area contributed by atoms with Crippen LogP contribution in [-0.2, 0) is 9.59 Å². The van der Waals surface area contributed by atoms with Crippen LogP contribution < -0.4 is 22.1 Å². The molecule has 1 rings (SSSR count). The highest BCUT2D eigenvalue weighted by Crippen LogP contribution is 2.13. The maximum atomic E-state index is 12.0. The lowest BCUT2D eigenvalue weighted by Crippen LogP contribution is -2.30. The van der Waals surface area contributed by atoms with Gasteiger partial charge in [0.15, 0.2) is 23.0 Å². The SMILES string of the molecule is Nc1nc(C(=O)NCCCC(=O)O)c(N)nc1C(=O)NCCCC(=O)O. The highest BCUT2D eigenvalue weighted by molar-refractivity contribution is 6.00. The van der Waals surface area contributed by atoms with Crippen LogP contribution in [0.15, 0.2) is 0 Å². The minimum Gasteiger partial charge on any atom is -0.481 e. The first-order chi connectivity index (χ1) is 12.2. The molecule has 0 saturated heterocycles. The minimum absolute atomic E-state index is 0.0952. The average molecular weight is 368 g/mol. The first-order valence-electron chi connectivity index (χ1n) is 7.65. The molecule has 1 aromatic heterocycles. The largest absolute Gasteiger partial charge is 0.481 e. The highest BCUT2D eigenvalue weighted by atomic mass is 16.4. The third kappa shape index (κ3) is 6.59. The van der Waals surface area contributed by atoms with Gasteiger partial charge in [-0.05, 0) is 12.8 Å². The molecule has 12 heteroatoms. The van der Waals surface area contributed by atoms with Gasteiger partial charge < -0.3 is 32.3 Å². The third-order valence-corrected chi connectivity index (χ3v) is 3.09. The van der Waals surface area contributed by atoms with E-state index in [-0.39, 0.29) is 61.8 Å². The Kier molecular flexibility index (Phi) is 7.73. The number of aliphatic carboxylic acids is 2. The Morgan fingerprint density at radius 3 is 1.42 bits per heavy atom. The Morgan fingerprint density at radius 2 is 1.12 bits per heavy atom. The first-order valence-corrected chi connectivity index (χ1v) is 7.65. The molecule has 2 amide bonds. The van der Waals surface area contributed by atoms with Crippen LogP contribution in [-0.4, -0.2) is 57.0 Å². The summed E-state index contributed by atoms with van der Waals surface area (Å²) in [5, 5.41) is 21.9. The van der Waals surface area contributed by atoms with Gasteiger partial charge in [0.25, 0.3) is 11.8 Å². The number of hydrogen-bond donors (Lipinski definition) is 6. The summed E-state index contributed by atoms with van der Waals surface area (Å²) in [5.41, 5.74) is 10.7. The number of amides is 2. The second-order valence-corrected chi connectivity index (χ2v) is 5.20. The van der Waals surface area contributed by atoms with E-state index in [0.717, 1.165) is 0 Å². The van der Waals surface area contributed by atoms with E-state index in [9.17, 15) is 19.2 Å². The Hall–Kier alpha value is -3.44. The number of nitrogens with one attached hydrogen (secondary N) is 2. The van der Waals surface area contributed by atoms with E-state index < -0.39 is 23.8 Å². The summed E-state index contributed by atoms with van der Waals surface area (Å²) in [4.78, 5) is 52.3. The van der Waals surface area contributed by atoms with E-state index in [1.807, 2.05) is 0 Å². The van der Waals surface area contributed by atoms with Gasteiger partial charge in [-0.3, -0.25) is 19.2 Å². The van der Waals surface area contributed by atoms with Gasteiger partial charge in [0.1, 0.15) is 0 Å². The van der Waals surface area contributed by atoms with Crippen LogP contribution in [0.25, 0.3) is 0 Å². The van der Waals surface area contributed by atoms with E-state index in [4.69, 9.17) is 21.7 Å². The Morgan fingerprint density at radius 1 is 0.769 bits per heavy atom. The van der Waals surface area contributed by atoms with Crippen LogP contribution in [0.2, 0.25) is 0 Å². The fourth-order valence-electron chi connectivity index (χ4n) is 1.85. The zero-order chi connectivity index (χ0) is 19.7. The molecule has 0 saturated carbocycles. The number of nitrogens with zero attached hydrogens (tertiary/aromatic N) is 2. The molecule has 142 valence electrons. The maximum absolute atomic E-state index is 12.0. The van der Waals surface area contributed by atoms with Crippen molar-refractivity contribution in [3.8, 4) is 0 Å². The van der Waals surface area contributed by atoms with Gasteiger partial charge in [-0.2, -0.15) is 0 Å². The molecule has 1 heterocycles. The Labute approximate surface area is 148 Å². The van der Waals surface area contributed by atoms with Crippen LogP contribution >= 0.6 is 0 Å². The lowest BCUT2D eigenvalue weighted by molar-refractivity contribution is -0.138. The summed E-state index contributed by atoms with van der Waals surface area (Å²) in [5.74, 6) is -3.99. The van der Waals surface area contributed by atoms with Crippen molar-refractivity contribution in [3.05, 3.63) is 11.4 Å². The molecule has 8 N–H and O–H groups in total. The second kappa shape index (κ2) is 9.76. The van der Waals surface area contributed by atoms with E-state index in [2.05, 4.69) is 20.6 Å². The van der Waals surface area contributed by atoms with Crippen LogP contribution in [0.3, 0.4) is 0 Å². The zero-order valence-corrected chi connectivity index (χ0v) is 13.8. The number of hydrogen-bond acceptors (Lipinski definition) is 8. The summed E-state index contributed by atoms with van der Waals surface area (Å²) in [6.07, 6.45) is 0.233. The van der Waals surface area contributed by atoms with Crippen LogP contribution in [0.1, 0.15) is 46.7 Å². The smallest absolute Gasteiger partial charge is 0.303 e. The van der Waals surface area contributed by atoms with Gasteiger partial charge in [-0.1, -0.05) is 0 Å². The molecule has 0 aliphatic rings. The maximum Gasteiger partial charge on any atom is 0.303 e. The number of carbonyl (C=O) groups is 4. The lowest BCUT2D eigenvalue weighted by Gasteiger charge is -2.10. The number of nitrogens with two attached hydrogens (primary N) is 2. The van der Waals surface area contributed by atoms with E-state index in [1.165, 1.54) is 0 Å². The molecule has 0 aliphatic heterocycles. The van der Waals surface area contributed by atoms with Crippen LogP contribution in [0.5, 0.6) is 0 Å². The molecule has 0 atom stereocenters. The average Bonchev–Trinajstić information content (AvgIpc) is 2.56. The van der Waals surface area contributed by atoms with Gasteiger partial charge in [0.05, 0.1) is 0 Å². The molecule has 0 aromatic carbocycles. The van der Waals surface area contributed by atoms with Crippen molar-refractivity contribution in [2.75, 3.05) is 24.6 Å². The van der Waals surface area contributed by atoms with Crippen molar-refractivity contribution >= 4 is 35.4 Å². The highest BCUT2D eigenvalue weighted by Gasteiger charge is 2.20. The summed E-state index contributed by atoms with van der Waals surface area (Å²) in [6.45, 7) is 0.190. The number of carbonyl (C=O) groups excluding carboxylic acids is 2. The Bertz CT molecular complexity index is 648. The number of anilines is 2. The number of carboxylic acid groups (broad SMARTS) is 2. The van der Waals surface area contributed by atoms with Crippen molar-refractivity contribution in [1.29, 1.82) is 0 Å². The van der Waals surface area contributed by atoms with E-state index in [0.29, 0.717) is 0 Å². The molecule has 12 nitrogen and oxygen atoms in total. The summed E-state index contributed by atoms with van der Waals surface area (Å²) in [6, 6.07) is 0. The van der Waals surface area contributed by atoms with Crippen molar-refractivity contribution < 1.29 is 29.4 Å². The van der Waals surface area contributed by atoms with E-state index >= 15 is 0 Å². The lowest BCUT2D eigenvalue weighted by atomic mass is 10.2. The topological polar surface area (TPSA) is 211 Å². The fourth-order valence-corrected chi connectivity index (χ4v) is 1.85.